The molecule has 0 bridgehead atoms. The summed E-state index contributed by atoms with van der Waals surface area (Å²) in [5, 5.41) is 11.8. The summed E-state index contributed by atoms with van der Waals surface area (Å²) in [5.74, 6) is -1.63. The van der Waals surface area contributed by atoms with Gasteiger partial charge in [0.2, 0.25) is 0 Å². The fourth-order valence-electron chi connectivity index (χ4n) is 1.75. The Kier molecular flexibility index (Phi) is 5.75. The largest absolute Gasteiger partial charge is 0.480 e. The Morgan fingerprint density at radius 2 is 2.15 bits per heavy atom. The number of aromatic nitrogens is 2. The molecule has 1 atom stereocenters. The van der Waals surface area contributed by atoms with Crippen molar-refractivity contribution in [2.24, 2.45) is 0 Å². The van der Waals surface area contributed by atoms with E-state index in [0.717, 1.165) is 11.8 Å². The summed E-state index contributed by atoms with van der Waals surface area (Å²) in [5.41, 5.74) is 0.0404. The molecule has 0 fully saturated rings. The van der Waals surface area contributed by atoms with E-state index in [1.807, 2.05) is 6.92 Å². The molecule has 0 radical (unpaired) electrons. The number of amides is 1. The van der Waals surface area contributed by atoms with Crippen LogP contribution in [0.5, 0.6) is 0 Å². The predicted molar refractivity (Wildman–Crippen MR) is 75.2 cm³/mol. The summed E-state index contributed by atoms with van der Waals surface area (Å²) >= 11 is 1.16. The number of hydrogen-bond donors (Lipinski definition) is 3. The molecule has 0 aromatic carbocycles. The summed E-state index contributed by atoms with van der Waals surface area (Å²) in [6.45, 7) is 3.41. The zero-order valence-electron chi connectivity index (χ0n) is 11.5. The van der Waals surface area contributed by atoms with Crippen molar-refractivity contribution in [3.05, 3.63) is 21.7 Å². The Morgan fingerprint density at radius 1 is 1.50 bits per heavy atom. The number of thioether (sulfide) groups is 1. The molecule has 1 rings (SSSR count). The molecule has 20 heavy (non-hydrogen) atoms. The number of nitrogens with one attached hydrogen (secondary N) is 2. The van der Waals surface area contributed by atoms with Gasteiger partial charge in [0.15, 0.2) is 0 Å². The number of hydrogen-bond acceptors (Lipinski definition) is 5. The first-order chi connectivity index (χ1) is 9.40. The van der Waals surface area contributed by atoms with E-state index >= 15 is 0 Å². The molecule has 0 saturated heterocycles. The van der Waals surface area contributed by atoms with E-state index in [9.17, 15) is 14.4 Å². The van der Waals surface area contributed by atoms with E-state index in [2.05, 4.69) is 15.3 Å². The molecule has 7 nitrogen and oxygen atoms in total. The van der Waals surface area contributed by atoms with Crippen LogP contribution in [0.25, 0.3) is 0 Å². The number of H-pyrrole nitrogens is 1. The average molecular weight is 299 g/mol. The van der Waals surface area contributed by atoms with Crippen molar-refractivity contribution in [2.45, 2.75) is 37.8 Å². The number of carbonyl (C=O) groups excluding carboxylic acids is 1. The van der Waals surface area contributed by atoms with Gasteiger partial charge in [-0.05, 0) is 19.6 Å². The summed E-state index contributed by atoms with van der Waals surface area (Å²) < 4.78 is 0. The maximum Gasteiger partial charge on any atom is 0.346 e. The number of rotatable bonds is 6. The molecule has 8 heteroatoms. The van der Waals surface area contributed by atoms with Crippen molar-refractivity contribution in [1.82, 2.24) is 15.3 Å². The molecule has 0 aliphatic heterocycles. The second-order valence-corrected chi connectivity index (χ2v) is 5.00. The Morgan fingerprint density at radius 3 is 2.65 bits per heavy atom. The van der Waals surface area contributed by atoms with Gasteiger partial charge in [-0.2, -0.15) is 4.98 Å². The lowest BCUT2D eigenvalue weighted by Crippen LogP contribution is -2.41. The van der Waals surface area contributed by atoms with Gasteiger partial charge in [-0.3, -0.25) is 4.79 Å². The normalized spacial score (nSPS) is 11.9. The number of carbonyl (C=O) groups is 2. The van der Waals surface area contributed by atoms with Crippen molar-refractivity contribution in [3.63, 3.8) is 0 Å². The van der Waals surface area contributed by atoms with Gasteiger partial charge in [-0.15, -0.1) is 11.8 Å². The molecule has 1 heterocycles. The summed E-state index contributed by atoms with van der Waals surface area (Å²) in [7, 11) is 0. The Labute approximate surface area is 120 Å². The zero-order valence-corrected chi connectivity index (χ0v) is 12.3. The van der Waals surface area contributed by atoms with Crippen molar-refractivity contribution in [1.29, 1.82) is 0 Å². The fraction of sp³-hybridized carbons (Fsp3) is 0.500. The van der Waals surface area contributed by atoms with Gasteiger partial charge in [-0.1, -0.05) is 13.3 Å². The van der Waals surface area contributed by atoms with E-state index in [1.165, 1.54) is 0 Å². The lowest BCUT2D eigenvalue weighted by Gasteiger charge is -2.15. The van der Waals surface area contributed by atoms with Crippen LogP contribution in [-0.4, -0.2) is 39.2 Å². The second kappa shape index (κ2) is 7.09. The molecule has 0 aliphatic carbocycles. The van der Waals surface area contributed by atoms with Crippen molar-refractivity contribution < 1.29 is 14.7 Å². The van der Waals surface area contributed by atoms with Gasteiger partial charge < -0.3 is 15.4 Å². The highest BCUT2D eigenvalue weighted by atomic mass is 32.2. The van der Waals surface area contributed by atoms with E-state index in [0.29, 0.717) is 18.5 Å². The van der Waals surface area contributed by atoms with Gasteiger partial charge in [0.1, 0.15) is 11.1 Å². The minimum Gasteiger partial charge on any atom is -0.480 e. The summed E-state index contributed by atoms with van der Waals surface area (Å²) in [6, 6.07) is -0.950. The highest BCUT2D eigenvalue weighted by molar-refractivity contribution is 7.98. The monoisotopic (exact) mass is 299 g/mol. The predicted octanol–water partition coefficient (Wildman–Crippen LogP) is 0.783. The highest BCUT2D eigenvalue weighted by Crippen LogP contribution is 2.18. The van der Waals surface area contributed by atoms with Crippen LogP contribution in [0.1, 0.15) is 35.8 Å². The molecule has 1 aromatic rings. The third-order valence-electron chi connectivity index (χ3n) is 2.69. The van der Waals surface area contributed by atoms with Gasteiger partial charge in [0, 0.05) is 5.69 Å². The third kappa shape index (κ3) is 3.83. The van der Waals surface area contributed by atoms with Crippen LogP contribution in [0.4, 0.5) is 0 Å². The minimum absolute atomic E-state index is 0.208. The minimum atomic E-state index is -1.08. The molecule has 0 aliphatic rings. The molecule has 1 aromatic heterocycles. The van der Waals surface area contributed by atoms with Crippen LogP contribution >= 0.6 is 11.8 Å². The molecule has 0 spiro atoms. The number of carboxylic acid groups (broad SMARTS) is 1. The van der Waals surface area contributed by atoms with E-state index in [-0.39, 0.29) is 10.6 Å². The molecule has 110 valence electrons. The van der Waals surface area contributed by atoms with Crippen LogP contribution < -0.4 is 11.0 Å². The van der Waals surface area contributed by atoms with Crippen LogP contribution in [0.15, 0.2) is 9.82 Å². The fourth-order valence-corrected chi connectivity index (χ4v) is 2.38. The maximum absolute atomic E-state index is 12.2. The quantitative estimate of drug-likeness (QED) is 0.528. The topological polar surface area (TPSA) is 112 Å². The molecular weight excluding hydrogens is 282 g/mol. The number of nitrogens with zero attached hydrogens (tertiary/aromatic N) is 1. The van der Waals surface area contributed by atoms with Crippen LogP contribution in [-0.2, 0) is 4.79 Å². The molecule has 0 saturated carbocycles. The van der Waals surface area contributed by atoms with Crippen molar-refractivity contribution in [3.8, 4) is 0 Å². The lowest BCUT2D eigenvalue weighted by molar-refractivity contribution is -0.139. The lowest BCUT2D eigenvalue weighted by atomic mass is 10.1. The third-order valence-corrected chi connectivity index (χ3v) is 3.37. The average Bonchev–Trinajstić information content (AvgIpc) is 2.36. The maximum atomic E-state index is 12.2. The summed E-state index contributed by atoms with van der Waals surface area (Å²) in [4.78, 5) is 40.7. The SMILES string of the molecule is CCC[C@H](NC(=O)c1c(SC)nc(=O)[nH]c1C)C(=O)O. The van der Waals surface area contributed by atoms with Gasteiger partial charge in [0.05, 0.1) is 5.56 Å². The van der Waals surface area contributed by atoms with Crippen LogP contribution in [0, 0.1) is 6.92 Å². The zero-order chi connectivity index (χ0) is 15.3. The first-order valence-corrected chi connectivity index (χ1v) is 7.31. The Bertz CT molecular complexity index is 570. The number of carboxylic acids is 1. The van der Waals surface area contributed by atoms with E-state index in [1.54, 1.807) is 13.2 Å². The van der Waals surface area contributed by atoms with E-state index < -0.39 is 23.6 Å². The molecule has 0 unspecified atom stereocenters. The van der Waals surface area contributed by atoms with Crippen LogP contribution in [0.2, 0.25) is 0 Å². The number of aliphatic carboxylic acids is 1. The smallest absolute Gasteiger partial charge is 0.346 e. The first-order valence-electron chi connectivity index (χ1n) is 6.09. The molecule has 3 N–H and O–H groups in total. The van der Waals surface area contributed by atoms with Gasteiger partial charge in [0.25, 0.3) is 5.91 Å². The van der Waals surface area contributed by atoms with Crippen molar-refractivity contribution >= 4 is 23.6 Å². The number of aryl methyl sites for hydroxylation is 1. The van der Waals surface area contributed by atoms with Gasteiger partial charge in [-0.25, -0.2) is 9.59 Å². The number of aromatic amines is 1. The Hall–Kier alpha value is -1.83. The van der Waals surface area contributed by atoms with Crippen LogP contribution in [0.3, 0.4) is 0 Å². The van der Waals surface area contributed by atoms with Crippen molar-refractivity contribution in [2.75, 3.05) is 6.26 Å². The summed E-state index contributed by atoms with van der Waals surface area (Å²) in [6.07, 6.45) is 2.67. The first kappa shape index (κ1) is 16.2. The Balaban J connectivity index is 3.08. The highest BCUT2D eigenvalue weighted by Gasteiger charge is 2.23. The standard InChI is InChI=1S/C12H17N3O4S/c1-4-5-7(11(17)18)14-9(16)8-6(2)13-12(19)15-10(8)20-3/h7H,4-5H2,1-3H3,(H,14,16)(H,17,18)(H,13,15,19)/t7-/m0/s1. The molecule has 1 amide bonds. The molecular formula is C12H17N3O4S. The van der Waals surface area contributed by atoms with E-state index in [4.69, 9.17) is 5.11 Å². The van der Waals surface area contributed by atoms with Gasteiger partial charge >= 0.3 is 11.7 Å². The second-order valence-electron chi connectivity index (χ2n) is 4.20.